The molecule has 0 bridgehead atoms. The minimum Gasteiger partial charge on any atom is -0.365 e. The van der Waals surface area contributed by atoms with E-state index >= 15 is 0 Å². The van der Waals surface area contributed by atoms with Gasteiger partial charge in [0.1, 0.15) is 6.10 Å². The maximum Gasteiger partial charge on any atom is 0.196 e. The van der Waals surface area contributed by atoms with Crippen LogP contribution in [0.4, 0.5) is 0 Å². The second-order valence-corrected chi connectivity index (χ2v) is 5.25. The van der Waals surface area contributed by atoms with Crippen molar-refractivity contribution < 1.29 is 9.53 Å². The lowest BCUT2D eigenvalue weighted by molar-refractivity contribution is 0.0308. The van der Waals surface area contributed by atoms with Gasteiger partial charge in [0.25, 0.3) is 0 Å². The Morgan fingerprint density at radius 1 is 0.952 bits per heavy atom. The predicted octanol–water partition coefficient (Wildman–Crippen LogP) is 4.40. The number of ketones is 1. The van der Waals surface area contributed by atoms with Crippen LogP contribution in [0.3, 0.4) is 0 Å². The lowest BCUT2D eigenvalue weighted by Gasteiger charge is -2.18. The molecule has 3 heteroatoms. The molecule has 0 aliphatic rings. The SMILES string of the molecule is CC(C)COC(C(=O)c1ccccc1)c1ccccc1.S. The fraction of sp³-hybridized carbons (Fsp3) is 0.278. The Labute approximate surface area is 133 Å². The maximum absolute atomic E-state index is 12.6. The average Bonchev–Trinajstić information content (AvgIpc) is 2.49. The van der Waals surface area contributed by atoms with E-state index in [0.29, 0.717) is 18.1 Å². The van der Waals surface area contributed by atoms with Crippen LogP contribution in [0.2, 0.25) is 0 Å². The van der Waals surface area contributed by atoms with Crippen LogP contribution >= 0.6 is 13.5 Å². The first kappa shape index (κ1) is 17.5. The third-order valence-corrected chi connectivity index (χ3v) is 2.99. The Hall–Kier alpha value is -1.58. The van der Waals surface area contributed by atoms with Crippen LogP contribution in [-0.4, -0.2) is 12.4 Å². The zero-order chi connectivity index (χ0) is 14.4. The molecule has 0 saturated heterocycles. The predicted molar refractivity (Wildman–Crippen MR) is 91.1 cm³/mol. The van der Waals surface area contributed by atoms with Gasteiger partial charge in [-0.15, -0.1) is 0 Å². The highest BCUT2D eigenvalue weighted by molar-refractivity contribution is 7.59. The van der Waals surface area contributed by atoms with Gasteiger partial charge in [0.2, 0.25) is 0 Å². The van der Waals surface area contributed by atoms with Crippen molar-refractivity contribution >= 4 is 19.3 Å². The minimum atomic E-state index is -0.527. The summed E-state index contributed by atoms with van der Waals surface area (Å²) in [5.74, 6) is 0.405. The van der Waals surface area contributed by atoms with Crippen LogP contribution in [0.1, 0.15) is 35.9 Å². The summed E-state index contributed by atoms with van der Waals surface area (Å²) in [5, 5.41) is 0. The molecular formula is C18H22O2S. The van der Waals surface area contributed by atoms with E-state index in [1.54, 1.807) is 0 Å². The van der Waals surface area contributed by atoms with Crippen molar-refractivity contribution in [2.75, 3.05) is 6.61 Å². The number of rotatable bonds is 6. The van der Waals surface area contributed by atoms with Crippen molar-refractivity contribution in [3.63, 3.8) is 0 Å². The molecular weight excluding hydrogens is 280 g/mol. The van der Waals surface area contributed by atoms with Gasteiger partial charge in [0, 0.05) is 5.56 Å². The number of hydrogen-bond donors (Lipinski definition) is 0. The monoisotopic (exact) mass is 302 g/mol. The van der Waals surface area contributed by atoms with Gasteiger partial charge in [0.05, 0.1) is 6.61 Å². The summed E-state index contributed by atoms with van der Waals surface area (Å²) in [4.78, 5) is 12.6. The van der Waals surface area contributed by atoms with Gasteiger partial charge in [-0.2, -0.15) is 13.5 Å². The first-order valence-corrected chi connectivity index (χ1v) is 6.94. The van der Waals surface area contributed by atoms with E-state index in [4.69, 9.17) is 4.74 Å². The summed E-state index contributed by atoms with van der Waals surface area (Å²) < 4.78 is 5.86. The van der Waals surface area contributed by atoms with Gasteiger partial charge in [-0.05, 0) is 11.5 Å². The Kier molecular flexibility index (Phi) is 7.20. The molecule has 0 fully saturated rings. The van der Waals surface area contributed by atoms with Gasteiger partial charge in [0.15, 0.2) is 5.78 Å². The third kappa shape index (κ3) is 5.03. The number of hydrogen-bond acceptors (Lipinski definition) is 2. The van der Waals surface area contributed by atoms with Crippen molar-refractivity contribution in [2.45, 2.75) is 20.0 Å². The fourth-order valence-corrected chi connectivity index (χ4v) is 1.99. The molecule has 0 radical (unpaired) electrons. The van der Waals surface area contributed by atoms with Gasteiger partial charge in [-0.25, -0.2) is 0 Å². The largest absolute Gasteiger partial charge is 0.365 e. The van der Waals surface area contributed by atoms with Crippen LogP contribution in [0.15, 0.2) is 60.7 Å². The highest BCUT2D eigenvalue weighted by Gasteiger charge is 2.22. The second kappa shape index (κ2) is 8.65. The van der Waals surface area contributed by atoms with Gasteiger partial charge < -0.3 is 4.74 Å². The van der Waals surface area contributed by atoms with Crippen molar-refractivity contribution in [2.24, 2.45) is 5.92 Å². The number of benzene rings is 2. The molecule has 0 aliphatic carbocycles. The Bertz CT molecular complexity index is 538. The third-order valence-electron chi connectivity index (χ3n) is 2.99. The van der Waals surface area contributed by atoms with Crippen LogP contribution in [0.5, 0.6) is 0 Å². The lowest BCUT2D eigenvalue weighted by Crippen LogP contribution is -2.18. The van der Waals surface area contributed by atoms with Crippen LogP contribution < -0.4 is 0 Å². The van der Waals surface area contributed by atoms with Gasteiger partial charge in [-0.1, -0.05) is 74.5 Å². The smallest absolute Gasteiger partial charge is 0.196 e. The topological polar surface area (TPSA) is 26.3 Å². The standard InChI is InChI=1S/C18H20O2.H2S/c1-14(2)13-20-18(16-11-7-4-8-12-16)17(19)15-9-5-3-6-10-15;/h3-12,14,18H,13H2,1-2H3;1H2. The van der Waals surface area contributed by atoms with E-state index in [2.05, 4.69) is 13.8 Å². The lowest BCUT2D eigenvalue weighted by atomic mass is 10.00. The van der Waals surface area contributed by atoms with E-state index in [1.165, 1.54) is 0 Å². The second-order valence-electron chi connectivity index (χ2n) is 5.25. The molecule has 1 atom stereocenters. The molecule has 0 heterocycles. The molecule has 0 amide bonds. The van der Waals surface area contributed by atoms with E-state index in [-0.39, 0.29) is 19.3 Å². The van der Waals surface area contributed by atoms with Crippen LogP contribution in [-0.2, 0) is 4.74 Å². The molecule has 0 aromatic heterocycles. The van der Waals surface area contributed by atoms with E-state index in [9.17, 15) is 4.79 Å². The molecule has 0 saturated carbocycles. The highest BCUT2D eigenvalue weighted by atomic mass is 32.1. The summed E-state index contributed by atoms with van der Waals surface area (Å²) in [6.45, 7) is 4.72. The molecule has 21 heavy (non-hydrogen) atoms. The van der Waals surface area contributed by atoms with Crippen LogP contribution in [0.25, 0.3) is 0 Å². The van der Waals surface area contributed by atoms with Crippen molar-refractivity contribution in [3.05, 3.63) is 71.8 Å². The summed E-state index contributed by atoms with van der Waals surface area (Å²) >= 11 is 0. The molecule has 0 spiro atoms. The number of carbonyl (C=O) groups is 1. The molecule has 112 valence electrons. The molecule has 0 aliphatic heterocycles. The summed E-state index contributed by atoms with van der Waals surface area (Å²) in [5.41, 5.74) is 1.59. The number of ether oxygens (including phenoxy) is 1. The van der Waals surface area contributed by atoms with Gasteiger partial charge in [-0.3, -0.25) is 4.79 Å². The highest BCUT2D eigenvalue weighted by Crippen LogP contribution is 2.23. The molecule has 0 N–H and O–H groups in total. The van der Waals surface area contributed by atoms with Crippen molar-refractivity contribution in [1.82, 2.24) is 0 Å². The van der Waals surface area contributed by atoms with E-state index in [1.807, 2.05) is 60.7 Å². The van der Waals surface area contributed by atoms with Crippen LogP contribution in [0, 0.1) is 5.92 Å². The Morgan fingerprint density at radius 3 is 2.00 bits per heavy atom. The summed E-state index contributed by atoms with van der Waals surface area (Å²) in [7, 11) is 0. The maximum atomic E-state index is 12.6. The molecule has 2 nitrogen and oxygen atoms in total. The summed E-state index contributed by atoms with van der Waals surface area (Å²) in [6, 6.07) is 19.0. The Morgan fingerprint density at radius 2 is 1.48 bits per heavy atom. The first-order chi connectivity index (χ1) is 9.68. The Balaban J connectivity index is 0.00000220. The normalized spacial score (nSPS) is 11.8. The van der Waals surface area contributed by atoms with Crippen molar-refractivity contribution in [1.29, 1.82) is 0 Å². The zero-order valence-electron chi connectivity index (χ0n) is 12.5. The number of Topliss-reactive ketones (excluding diaryl/α,β-unsaturated/α-hetero) is 1. The van der Waals surface area contributed by atoms with Crippen molar-refractivity contribution in [3.8, 4) is 0 Å². The molecule has 2 aromatic rings. The summed E-state index contributed by atoms with van der Waals surface area (Å²) in [6.07, 6.45) is -0.527. The van der Waals surface area contributed by atoms with E-state index in [0.717, 1.165) is 5.56 Å². The number of carbonyl (C=O) groups excluding carboxylic acids is 1. The molecule has 2 rings (SSSR count). The fourth-order valence-electron chi connectivity index (χ4n) is 1.99. The first-order valence-electron chi connectivity index (χ1n) is 6.94. The minimum absolute atomic E-state index is 0. The average molecular weight is 302 g/mol. The van der Waals surface area contributed by atoms with Gasteiger partial charge >= 0.3 is 0 Å². The quantitative estimate of drug-likeness (QED) is 0.739. The zero-order valence-corrected chi connectivity index (χ0v) is 13.5. The molecule has 1 unspecified atom stereocenters. The molecule has 2 aromatic carbocycles. The van der Waals surface area contributed by atoms with E-state index < -0.39 is 6.10 Å².